The van der Waals surface area contributed by atoms with Crippen molar-refractivity contribution in [3.63, 3.8) is 0 Å². The Balaban J connectivity index is 2.06. The number of carbonyl (C=O) groups is 2. The van der Waals surface area contributed by atoms with Gasteiger partial charge in [0.25, 0.3) is 11.8 Å². The van der Waals surface area contributed by atoms with Gasteiger partial charge in [-0.15, -0.1) is 0 Å². The molecule has 1 unspecified atom stereocenters. The lowest BCUT2D eigenvalue weighted by Gasteiger charge is -2.36. The van der Waals surface area contributed by atoms with E-state index in [0.29, 0.717) is 23.6 Å². The fourth-order valence-corrected chi connectivity index (χ4v) is 2.69. The van der Waals surface area contributed by atoms with E-state index in [1.165, 1.54) is 17.3 Å². The number of aromatic nitrogens is 1. The summed E-state index contributed by atoms with van der Waals surface area (Å²) in [5.41, 5.74) is 6.09. The van der Waals surface area contributed by atoms with Gasteiger partial charge in [0.05, 0.1) is 16.7 Å². The van der Waals surface area contributed by atoms with Gasteiger partial charge in [-0.2, -0.15) is 0 Å². The summed E-state index contributed by atoms with van der Waals surface area (Å²) in [4.78, 5) is 30.0. The molecule has 94 valence electrons. The molecule has 2 amide bonds. The molecule has 2 heterocycles. The first kappa shape index (κ1) is 11.3. The second-order valence-electron chi connectivity index (χ2n) is 5.20. The number of fused-ring (bicyclic) bond motifs is 1. The van der Waals surface area contributed by atoms with E-state index in [1.807, 2.05) is 6.92 Å². The third-order valence-corrected chi connectivity index (χ3v) is 4.07. The molecule has 1 fully saturated rings. The molecule has 1 atom stereocenters. The minimum atomic E-state index is -0.562. The zero-order chi connectivity index (χ0) is 12.9. The van der Waals surface area contributed by atoms with Crippen LogP contribution in [0.2, 0.25) is 0 Å². The van der Waals surface area contributed by atoms with Crippen molar-refractivity contribution in [2.75, 3.05) is 6.54 Å². The molecule has 2 N–H and O–H groups in total. The lowest BCUT2D eigenvalue weighted by Crippen LogP contribution is -2.55. The summed E-state index contributed by atoms with van der Waals surface area (Å²) in [5, 5.41) is 0. The summed E-state index contributed by atoms with van der Waals surface area (Å²) in [6.45, 7) is 2.20. The van der Waals surface area contributed by atoms with Gasteiger partial charge >= 0.3 is 0 Å². The van der Waals surface area contributed by atoms with Gasteiger partial charge in [-0.05, 0) is 31.7 Å². The maximum absolute atomic E-state index is 12.4. The van der Waals surface area contributed by atoms with Gasteiger partial charge in [-0.1, -0.05) is 0 Å². The second kappa shape index (κ2) is 3.62. The van der Waals surface area contributed by atoms with E-state index in [2.05, 4.69) is 4.98 Å². The molecule has 18 heavy (non-hydrogen) atoms. The Kier molecular flexibility index (Phi) is 2.28. The second-order valence-corrected chi connectivity index (χ2v) is 5.20. The Morgan fingerprint density at radius 3 is 2.61 bits per heavy atom. The molecule has 0 aromatic carbocycles. The van der Waals surface area contributed by atoms with Crippen LogP contribution < -0.4 is 5.73 Å². The number of amides is 2. The summed E-state index contributed by atoms with van der Waals surface area (Å²) in [7, 11) is 0. The molecule has 0 radical (unpaired) electrons. The van der Waals surface area contributed by atoms with Crippen LogP contribution in [-0.2, 0) is 0 Å². The van der Waals surface area contributed by atoms with E-state index in [1.54, 1.807) is 6.07 Å². The lowest BCUT2D eigenvalue weighted by molar-refractivity contribution is 0.0423. The summed E-state index contributed by atoms with van der Waals surface area (Å²) in [5.74, 6) is -0.169. The molecule has 2 aliphatic rings. The Morgan fingerprint density at radius 2 is 2.06 bits per heavy atom. The van der Waals surface area contributed by atoms with Crippen molar-refractivity contribution in [1.82, 2.24) is 9.88 Å². The van der Waals surface area contributed by atoms with Gasteiger partial charge in [0, 0.05) is 18.9 Å². The van der Waals surface area contributed by atoms with Crippen LogP contribution in [-0.4, -0.2) is 33.8 Å². The smallest absolute Gasteiger partial charge is 0.263 e. The number of rotatable bonds is 3. The molecular weight excluding hydrogens is 230 g/mol. The van der Waals surface area contributed by atoms with Gasteiger partial charge in [0.2, 0.25) is 0 Å². The van der Waals surface area contributed by atoms with Crippen LogP contribution in [0.25, 0.3) is 0 Å². The Bertz CT molecular complexity index is 504. The topological polar surface area (TPSA) is 76.3 Å². The molecule has 1 saturated carbocycles. The first-order valence-electron chi connectivity index (χ1n) is 6.12. The van der Waals surface area contributed by atoms with Gasteiger partial charge in [0.15, 0.2) is 0 Å². The number of nitrogens with two attached hydrogens (primary N) is 1. The van der Waals surface area contributed by atoms with E-state index in [0.717, 1.165) is 12.8 Å². The third-order valence-electron chi connectivity index (χ3n) is 4.07. The fourth-order valence-electron chi connectivity index (χ4n) is 2.69. The Hall–Kier alpha value is -1.75. The lowest BCUT2D eigenvalue weighted by atomic mass is 9.93. The van der Waals surface area contributed by atoms with Crippen molar-refractivity contribution in [3.8, 4) is 0 Å². The van der Waals surface area contributed by atoms with Gasteiger partial charge < -0.3 is 5.73 Å². The van der Waals surface area contributed by atoms with Crippen molar-refractivity contribution in [2.24, 2.45) is 11.7 Å². The number of carbonyl (C=O) groups excluding carboxylic acids is 2. The van der Waals surface area contributed by atoms with Crippen LogP contribution in [0.4, 0.5) is 0 Å². The third kappa shape index (κ3) is 1.34. The first-order valence-corrected chi connectivity index (χ1v) is 6.12. The molecule has 1 aromatic rings. The predicted octanol–water partition coefficient (Wildman–Crippen LogP) is 0.805. The highest BCUT2D eigenvalue weighted by atomic mass is 16.2. The van der Waals surface area contributed by atoms with Crippen molar-refractivity contribution in [3.05, 3.63) is 29.6 Å². The van der Waals surface area contributed by atoms with Crippen molar-refractivity contribution >= 4 is 11.8 Å². The van der Waals surface area contributed by atoms with Gasteiger partial charge in [0.1, 0.15) is 0 Å². The maximum Gasteiger partial charge on any atom is 0.263 e. The van der Waals surface area contributed by atoms with E-state index in [4.69, 9.17) is 5.73 Å². The fraction of sp³-hybridized carbons (Fsp3) is 0.462. The normalized spacial score (nSPS) is 22.0. The summed E-state index contributed by atoms with van der Waals surface area (Å²) in [6.07, 6.45) is 5.04. The van der Waals surface area contributed by atoms with Gasteiger partial charge in [-0.25, -0.2) is 0 Å². The minimum absolute atomic E-state index is 0.239. The zero-order valence-electron chi connectivity index (χ0n) is 10.2. The number of hydrogen-bond donors (Lipinski definition) is 1. The number of hydrogen-bond acceptors (Lipinski definition) is 4. The van der Waals surface area contributed by atoms with E-state index in [9.17, 15) is 9.59 Å². The first-order chi connectivity index (χ1) is 8.59. The predicted molar refractivity (Wildman–Crippen MR) is 64.9 cm³/mol. The Labute approximate surface area is 105 Å². The molecule has 0 spiro atoms. The molecule has 0 saturated heterocycles. The molecule has 0 bridgehead atoms. The minimum Gasteiger partial charge on any atom is -0.328 e. The summed E-state index contributed by atoms with van der Waals surface area (Å²) < 4.78 is 0. The number of nitrogens with zero attached hydrogens (tertiary/aromatic N) is 2. The van der Waals surface area contributed by atoms with E-state index in [-0.39, 0.29) is 11.8 Å². The highest BCUT2D eigenvalue weighted by Gasteiger charge is 2.52. The number of imide groups is 1. The molecular formula is C13H15N3O2. The average molecular weight is 245 g/mol. The van der Waals surface area contributed by atoms with Crippen molar-refractivity contribution < 1.29 is 9.59 Å². The largest absolute Gasteiger partial charge is 0.328 e. The molecule has 5 nitrogen and oxygen atoms in total. The highest BCUT2D eigenvalue weighted by Crippen LogP contribution is 2.45. The molecule has 3 rings (SSSR count). The molecule has 1 aliphatic carbocycles. The van der Waals surface area contributed by atoms with Crippen LogP contribution in [0.15, 0.2) is 18.5 Å². The van der Waals surface area contributed by atoms with Crippen LogP contribution in [0.5, 0.6) is 0 Å². The van der Waals surface area contributed by atoms with Crippen LogP contribution in [0.1, 0.15) is 40.5 Å². The van der Waals surface area contributed by atoms with Crippen molar-refractivity contribution in [1.29, 1.82) is 0 Å². The van der Waals surface area contributed by atoms with Crippen molar-refractivity contribution in [2.45, 2.75) is 25.3 Å². The van der Waals surface area contributed by atoms with E-state index >= 15 is 0 Å². The molecule has 1 aromatic heterocycles. The van der Waals surface area contributed by atoms with Crippen LogP contribution in [0.3, 0.4) is 0 Å². The maximum atomic E-state index is 12.4. The standard InChI is InChI=1S/C13H15N3O2/c1-13(7-14,8-2-3-8)16-11(17)9-4-5-15-6-10(9)12(16)18/h4-6,8H,2-3,7,14H2,1H3. The average Bonchev–Trinajstić information content (AvgIpc) is 3.19. The molecule has 5 heteroatoms. The highest BCUT2D eigenvalue weighted by molar-refractivity contribution is 6.21. The zero-order valence-corrected chi connectivity index (χ0v) is 10.2. The SMILES string of the molecule is CC(CN)(C1CC1)N1C(=O)c2ccncc2C1=O. The van der Waals surface area contributed by atoms with Crippen LogP contribution >= 0.6 is 0 Å². The molecule has 1 aliphatic heterocycles. The monoisotopic (exact) mass is 245 g/mol. The van der Waals surface area contributed by atoms with Gasteiger partial charge in [-0.3, -0.25) is 19.5 Å². The Morgan fingerprint density at radius 1 is 1.39 bits per heavy atom. The van der Waals surface area contributed by atoms with Crippen LogP contribution in [0, 0.1) is 5.92 Å². The van der Waals surface area contributed by atoms with E-state index < -0.39 is 5.54 Å². The quantitative estimate of drug-likeness (QED) is 0.799. The summed E-state index contributed by atoms with van der Waals surface area (Å²) in [6, 6.07) is 1.60. The summed E-state index contributed by atoms with van der Waals surface area (Å²) >= 11 is 0. The number of pyridine rings is 1.